The van der Waals surface area contributed by atoms with Crippen LogP contribution >= 0.6 is 11.6 Å². The Morgan fingerprint density at radius 1 is 1.19 bits per heavy atom. The van der Waals surface area contributed by atoms with E-state index in [1.54, 1.807) is 6.07 Å². The number of hydrogen-bond donors (Lipinski definition) is 0. The second-order valence-electron chi connectivity index (χ2n) is 4.85. The maximum Gasteiger partial charge on any atom is 0.294 e. The van der Waals surface area contributed by atoms with Crippen LogP contribution in [0.1, 0.15) is 19.3 Å². The summed E-state index contributed by atoms with van der Waals surface area (Å²) in [6, 6.07) is 3.05. The van der Waals surface area contributed by atoms with Crippen molar-refractivity contribution in [1.29, 1.82) is 0 Å². The number of rotatable bonds is 3. The highest BCUT2D eigenvalue weighted by atomic mass is 35.5. The summed E-state index contributed by atoms with van der Waals surface area (Å²) in [6.07, 6.45) is 4.57. The molecule has 21 heavy (non-hydrogen) atoms. The molecule has 0 radical (unpaired) electrons. The molecule has 1 fully saturated rings. The Bertz CT molecular complexity index is 654. The topological polar surface area (TPSA) is 90.0 Å². The van der Waals surface area contributed by atoms with E-state index in [0.29, 0.717) is 16.4 Å². The fraction of sp³-hybridized carbons (Fsp3) is 0.417. The normalized spacial score (nSPS) is 15.2. The van der Waals surface area contributed by atoms with E-state index < -0.39 is 4.92 Å². The number of piperidine rings is 1. The van der Waals surface area contributed by atoms with E-state index in [0.717, 1.165) is 32.4 Å². The molecule has 0 spiro atoms. The number of nitro groups is 1. The minimum Gasteiger partial charge on any atom is -0.366 e. The molecule has 2 heterocycles. The third-order valence-corrected chi connectivity index (χ3v) is 3.84. The van der Waals surface area contributed by atoms with Crippen molar-refractivity contribution in [3.05, 3.63) is 33.6 Å². The summed E-state index contributed by atoms with van der Waals surface area (Å²) in [7, 11) is 0. The molecule has 0 bridgehead atoms. The zero-order valence-corrected chi connectivity index (χ0v) is 11.9. The van der Waals surface area contributed by atoms with Crippen molar-refractivity contribution in [3.63, 3.8) is 0 Å². The van der Waals surface area contributed by atoms with Crippen LogP contribution in [-0.4, -0.2) is 38.2 Å². The Morgan fingerprint density at radius 2 is 1.95 bits per heavy atom. The lowest BCUT2D eigenvalue weighted by atomic mass is 10.1. The third kappa shape index (κ3) is 2.66. The van der Waals surface area contributed by atoms with Crippen molar-refractivity contribution >= 4 is 23.0 Å². The van der Waals surface area contributed by atoms with Crippen LogP contribution in [0.2, 0.25) is 5.02 Å². The molecule has 0 amide bonds. The van der Waals surface area contributed by atoms with E-state index in [-0.39, 0.29) is 5.69 Å². The summed E-state index contributed by atoms with van der Waals surface area (Å²) in [6.45, 7) is 1.61. The number of hydrogen-bond acceptors (Lipinski definition) is 6. The van der Waals surface area contributed by atoms with E-state index in [1.165, 1.54) is 17.1 Å². The van der Waals surface area contributed by atoms with Gasteiger partial charge in [0.15, 0.2) is 0 Å². The maximum absolute atomic E-state index is 11.4. The molecule has 0 aliphatic carbocycles. The third-order valence-electron chi connectivity index (χ3n) is 3.53. The van der Waals surface area contributed by atoms with Crippen LogP contribution in [0.5, 0.6) is 0 Å². The summed E-state index contributed by atoms with van der Waals surface area (Å²) in [5.74, 6) is 0. The van der Waals surface area contributed by atoms with Crippen LogP contribution < -0.4 is 4.90 Å². The number of tetrazole rings is 1. The largest absolute Gasteiger partial charge is 0.366 e. The van der Waals surface area contributed by atoms with Gasteiger partial charge < -0.3 is 4.90 Å². The van der Waals surface area contributed by atoms with Crippen LogP contribution in [0.25, 0.3) is 5.69 Å². The average Bonchev–Trinajstić information content (AvgIpc) is 3.01. The monoisotopic (exact) mass is 308 g/mol. The minimum atomic E-state index is -0.395. The van der Waals surface area contributed by atoms with Gasteiger partial charge in [-0.15, -0.1) is 5.10 Å². The van der Waals surface area contributed by atoms with Crippen LogP contribution in [0.15, 0.2) is 18.5 Å². The summed E-state index contributed by atoms with van der Waals surface area (Å²) < 4.78 is 1.31. The lowest BCUT2D eigenvalue weighted by Gasteiger charge is -2.28. The van der Waals surface area contributed by atoms with Gasteiger partial charge in [0.1, 0.15) is 12.0 Å². The zero-order valence-electron chi connectivity index (χ0n) is 11.1. The lowest BCUT2D eigenvalue weighted by Crippen LogP contribution is -2.30. The molecule has 1 aliphatic heterocycles. The highest BCUT2D eigenvalue weighted by Gasteiger charge is 2.24. The molecule has 0 saturated carbocycles. The number of anilines is 1. The summed E-state index contributed by atoms with van der Waals surface area (Å²) in [4.78, 5) is 13.0. The van der Waals surface area contributed by atoms with E-state index in [9.17, 15) is 10.1 Å². The predicted octanol–water partition coefficient (Wildman–Crippen LogP) is 2.21. The first-order chi connectivity index (χ1) is 10.2. The molecule has 2 aromatic rings. The van der Waals surface area contributed by atoms with E-state index in [2.05, 4.69) is 15.5 Å². The van der Waals surface area contributed by atoms with Crippen molar-refractivity contribution in [1.82, 2.24) is 20.2 Å². The van der Waals surface area contributed by atoms with Crippen LogP contribution in [0.3, 0.4) is 0 Å². The zero-order chi connectivity index (χ0) is 14.8. The predicted molar refractivity (Wildman–Crippen MR) is 76.9 cm³/mol. The molecule has 8 nitrogen and oxygen atoms in total. The molecule has 1 aliphatic rings. The molecule has 110 valence electrons. The van der Waals surface area contributed by atoms with E-state index >= 15 is 0 Å². The van der Waals surface area contributed by atoms with Gasteiger partial charge in [0.05, 0.1) is 15.6 Å². The van der Waals surface area contributed by atoms with Gasteiger partial charge in [-0.05, 0) is 35.8 Å². The van der Waals surface area contributed by atoms with Crippen molar-refractivity contribution in [2.75, 3.05) is 18.0 Å². The van der Waals surface area contributed by atoms with E-state index in [4.69, 9.17) is 11.6 Å². The number of halogens is 1. The first kappa shape index (κ1) is 13.7. The van der Waals surface area contributed by atoms with Crippen molar-refractivity contribution in [2.24, 2.45) is 0 Å². The summed E-state index contributed by atoms with van der Waals surface area (Å²) in [5.41, 5.74) is 0.974. The Morgan fingerprint density at radius 3 is 2.57 bits per heavy atom. The molecule has 0 N–H and O–H groups in total. The van der Waals surface area contributed by atoms with Gasteiger partial charge >= 0.3 is 0 Å². The molecule has 1 aromatic carbocycles. The lowest BCUT2D eigenvalue weighted by molar-refractivity contribution is -0.384. The highest BCUT2D eigenvalue weighted by molar-refractivity contribution is 6.32. The summed E-state index contributed by atoms with van der Waals surface area (Å²) in [5, 5.41) is 22.5. The van der Waals surface area contributed by atoms with Crippen LogP contribution in [0, 0.1) is 10.1 Å². The molecular formula is C12H13ClN6O2. The maximum atomic E-state index is 11.4. The minimum absolute atomic E-state index is 0.0202. The highest BCUT2D eigenvalue weighted by Crippen LogP contribution is 2.36. The molecule has 1 aromatic heterocycles. The number of nitro benzene ring substituents is 1. The van der Waals surface area contributed by atoms with Gasteiger partial charge in [-0.25, -0.2) is 0 Å². The Hall–Kier alpha value is -2.22. The van der Waals surface area contributed by atoms with Gasteiger partial charge in [-0.2, -0.15) is 4.68 Å². The van der Waals surface area contributed by atoms with Gasteiger partial charge in [0.2, 0.25) is 0 Å². The quantitative estimate of drug-likeness (QED) is 0.638. The van der Waals surface area contributed by atoms with Crippen molar-refractivity contribution in [2.45, 2.75) is 19.3 Å². The Balaban J connectivity index is 2.08. The van der Waals surface area contributed by atoms with Gasteiger partial charge in [-0.3, -0.25) is 10.1 Å². The summed E-state index contributed by atoms with van der Waals surface area (Å²) >= 11 is 6.25. The van der Waals surface area contributed by atoms with Gasteiger partial charge in [-0.1, -0.05) is 11.6 Å². The Labute approximate surface area is 125 Å². The SMILES string of the molecule is O=[N+]([O-])c1cc(-n2cnnn2)c(Cl)cc1N1CCCCC1. The number of nitrogens with zero attached hydrogens (tertiary/aromatic N) is 6. The fourth-order valence-electron chi connectivity index (χ4n) is 2.52. The van der Waals surface area contributed by atoms with E-state index in [1.807, 2.05) is 4.90 Å². The molecule has 3 rings (SSSR count). The second-order valence-corrected chi connectivity index (χ2v) is 5.26. The number of benzene rings is 1. The van der Waals surface area contributed by atoms with Crippen molar-refractivity contribution in [3.8, 4) is 5.69 Å². The first-order valence-corrected chi connectivity index (χ1v) is 7.01. The molecule has 1 saturated heterocycles. The standard InChI is InChI=1S/C12H13ClN6O2/c13-9-6-11(17-4-2-1-3-5-17)12(19(20)21)7-10(9)18-8-14-15-16-18/h6-8H,1-5H2. The first-order valence-electron chi connectivity index (χ1n) is 6.63. The van der Waals surface area contributed by atoms with Crippen LogP contribution in [0.4, 0.5) is 11.4 Å². The molecule has 0 atom stereocenters. The van der Waals surface area contributed by atoms with Gasteiger partial charge in [0, 0.05) is 19.2 Å². The van der Waals surface area contributed by atoms with Gasteiger partial charge in [0.25, 0.3) is 5.69 Å². The molecule has 9 heteroatoms. The average molecular weight is 309 g/mol. The molecule has 0 unspecified atom stereocenters. The Kier molecular flexibility index (Phi) is 3.70. The van der Waals surface area contributed by atoms with Crippen LogP contribution in [-0.2, 0) is 0 Å². The second kappa shape index (κ2) is 5.65. The number of aromatic nitrogens is 4. The molecular weight excluding hydrogens is 296 g/mol. The van der Waals surface area contributed by atoms with Crippen molar-refractivity contribution < 1.29 is 4.92 Å². The fourth-order valence-corrected chi connectivity index (χ4v) is 2.77. The smallest absolute Gasteiger partial charge is 0.294 e.